The number of aryl methyl sites for hydroxylation is 1. The summed E-state index contributed by atoms with van der Waals surface area (Å²) in [7, 11) is 0. The number of rotatable bonds is 1. The quantitative estimate of drug-likeness (QED) is 0.810. The van der Waals surface area contributed by atoms with Crippen molar-refractivity contribution in [3.63, 3.8) is 0 Å². The van der Waals surface area contributed by atoms with Gasteiger partial charge in [-0.2, -0.15) is 5.10 Å². The Bertz CT molecular complexity index is 450. The van der Waals surface area contributed by atoms with Crippen LogP contribution in [-0.2, 0) is 4.74 Å². The first-order valence-electron chi connectivity index (χ1n) is 6.59. The van der Waals surface area contributed by atoms with Gasteiger partial charge in [-0.1, -0.05) is 0 Å². The Morgan fingerprint density at radius 1 is 1.53 bits per heavy atom. The van der Waals surface area contributed by atoms with Crippen molar-refractivity contribution in [2.24, 2.45) is 0 Å². The van der Waals surface area contributed by atoms with Gasteiger partial charge in [-0.3, -0.25) is 10.00 Å². The Hall–Kier alpha value is -1.56. The van der Waals surface area contributed by atoms with Crippen molar-refractivity contribution in [1.82, 2.24) is 20.4 Å². The predicted octanol–water partition coefficient (Wildman–Crippen LogP) is 1.60. The van der Waals surface area contributed by atoms with Gasteiger partial charge in [-0.15, -0.1) is 0 Å². The predicted molar refractivity (Wildman–Crippen MR) is 71.9 cm³/mol. The fourth-order valence-electron chi connectivity index (χ4n) is 2.12. The summed E-state index contributed by atoms with van der Waals surface area (Å²) in [6, 6.07) is 1.89. The highest BCUT2D eigenvalue weighted by atomic mass is 16.6. The number of carbonyl (C=O) groups is 1. The molecule has 0 radical (unpaired) electrons. The van der Waals surface area contributed by atoms with E-state index in [-0.39, 0.29) is 12.1 Å². The van der Waals surface area contributed by atoms with Gasteiger partial charge in [-0.25, -0.2) is 4.79 Å². The molecule has 1 unspecified atom stereocenters. The van der Waals surface area contributed by atoms with Crippen molar-refractivity contribution in [1.29, 1.82) is 0 Å². The molecule has 2 N–H and O–H groups in total. The molecule has 19 heavy (non-hydrogen) atoms. The van der Waals surface area contributed by atoms with Crippen molar-refractivity contribution in [2.45, 2.75) is 39.3 Å². The minimum absolute atomic E-state index is 0.0754. The van der Waals surface area contributed by atoms with Gasteiger partial charge in [0.05, 0.1) is 11.7 Å². The molecule has 1 saturated heterocycles. The summed E-state index contributed by atoms with van der Waals surface area (Å²) >= 11 is 0. The Labute approximate surface area is 113 Å². The van der Waals surface area contributed by atoms with E-state index in [2.05, 4.69) is 15.5 Å². The van der Waals surface area contributed by atoms with E-state index in [4.69, 9.17) is 4.74 Å². The molecule has 1 aliphatic heterocycles. The summed E-state index contributed by atoms with van der Waals surface area (Å²) in [4.78, 5) is 14.0. The van der Waals surface area contributed by atoms with Crippen molar-refractivity contribution < 1.29 is 9.53 Å². The van der Waals surface area contributed by atoms with Crippen LogP contribution in [0.3, 0.4) is 0 Å². The molecule has 6 nitrogen and oxygen atoms in total. The highest BCUT2D eigenvalue weighted by molar-refractivity contribution is 5.69. The van der Waals surface area contributed by atoms with E-state index >= 15 is 0 Å². The monoisotopic (exact) mass is 266 g/mol. The largest absolute Gasteiger partial charge is 0.444 e. The topological polar surface area (TPSA) is 70.2 Å². The lowest BCUT2D eigenvalue weighted by Crippen LogP contribution is -2.50. The van der Waals surface area contributed by atoms with Crippen LogP contribution in [0.4, 0.5) is 4.79 Å². The highest BCUT2D eigenvalue weighted by Crippen LogP contribution is 2.23. The number of H-pyrrole nitrogens is 1. The molecular formula is C13H22N4O2. The fraction of sp³-hybridized carbons (Fsp3) is 0.692. The summed E-state index contributed by atoms with van der Waals surface area (Å²) in [6.07, 6.45) is -0.278. The number of hydrogen-bond acceptors (Lipinski definition) is 4. The lowest BCUT2D eigenvalue weighted by Gasteiger charge is -2.36. The molecule has 0 aliphatic carbocycles. The lowest BCUT2D eigenvalue weighted by atomic mass is 10.1. The van der Waals surface area contributed by atoms with Crippen LogP contribution in [0.15, 0.2) is 6.07 Å². The molecule has 0 spiro atoms. The molecule has 1 fully saturated rings. The average molecular weight is 266 g/mol. The molecule has 0 bridgehead atoms. The highest BCUT2D eigenvalue weighted by Gasteiger charge is 2.32. The molecule has 1 aromatic rings. The van der Waals surface area contributed by atoms with Gasteiger partial charge in [0.15, 0.2) is 0 Å². The molecule has 1 amide bonds. The number of aromatic nitrogens is 2. The molecule has 0 aromatic carbocycles. The van der Waals surface area contributed by atoms with Crippen molar-refractivity contribution >= 4 is 6.09 Å². The van der Waals surface area contributed by atoms with Gasteiger partial charge in [0.2, 0.25) is 0 Å². The van der Waals surface area contributed by atoms with Gasteiger partial charge >= 0.3 is 6.09 Å². The molecular weight excluding hydrogens is 244 g/mol. The van der Waals surface area contributed by atoms with Crippen LogP contribution in [0.5, 0.6) is 0 Å². The van der Waals surface area contributed by atoms with Crippen LogP contribution >= 0.6 is 0 Å². The first kappa shape index (κ1) is 13.9. The molecule has 2 rings (SSSR count). The molecule has 1 aliphatic rings. The standard InChI is InChI=1S/C13H22N4O2/c1-9-7-10(16-15-9)11-8-14-5-6-17(11)12(18)19-13(2,3)4/h7,11,14H,5-6,8H2,1-4H3,(H,15,16). The summed E-state index contributed by atoms with van der Waals surface area (Å²) in [5.74, 6) is 0. The second-order valence-electron chi connectivity index (χ2n) is 5.87. The van der Waals surface area contributed by atoms with Crippen LogP contribution in [0.25, 0.3) is 0 Å². The molecule has 1 aromatic heterocycles. The molecule has 0 saturated carbocycles. The van der Waals surface area contributed by atoms with E-state index in [1.807, 2.05) is 33.8 Å². The number of carbonyl (C=O) groups excluding carboxylic acids is 1. The Morgan fingerprint density at radius 3 is 2.84 bits per heavy atom. The van der Waals surface area contributed by atoms with Gasteiger partial charge in [0.25, 0.3) is 0 Å². The van der Waals surface area contributed by atoms with Gasteiger partial charge in [0, 0.05) is 25.3 Å². The van der Waals surface area contributed by atoms with Gasteiger partial charge in [-0.05, 0) is 33.8 Å². The normalized spacial score (nSPS) is 20.4. The summed E-state index contributed by atoms with van der Waals surface area (Å²) in [5.41, 5.74) is 1.38. The molecule has 6 heteroatoms. The molecule has 2 heterocycles. The van der Waals surface area contributed by atoms with Crippen molar-refractivity contribution in [3.05, 3.63) is 17.5 Å². The molecule has 106 valence electrons. The van der Waals surface area contributed by atoms with Crippen LogP contribution in [0.2, 0.25) is 0 Å². The number of piperazine rings is 1. The van der Waals surface area contributed by atoms with E-state index in [9.17, 15) is 4.79 Å². The third-order valence-electron chi connectivity index (χ3n) is 2.94. The number of nitrogens with one attached hydrogen (secondary N) is 2. The Kier molecular flexibility index (Phi) is 3.80. The Morgan fingerprint density at radius 2 is 2.26 bits per heavy atom. The average Bonchev–Trinajstić information content (AvgIpc) is 2.73. The summed E-state index contributed by atoms with van der Waals surface area (Å²) in [5, 5.41) is 10.5. The van der Waals surface area contributed by atoms with Crippen LogP contribution in [0, 0.1) is 6.92 Å². The van der Waals surface area contributed by atoms with E-state index in [1.165, 1.54) is 0 Å². The minimum atomic E-state index is -0.478. The maximum atomic E-state index is 12.2. The zero-order chi connectivity index (χ0) is 14.0. The van der Waals surface area contributed by atoms with Crippen molar-refractivity contribution in [2.75, 3.05) is 19.6 Å². The smallest absolute Gasteiger partial charge is 0.410 e. The van der Waals surface area contributed by atoms with Crippen LogP contribution in [0.1, 0.15) is 38.2 Å². The maximum absolute atomic E-state index is 12.2. The molecule has 1 atom stereocenters. The first-order chi connectivity index (χ1) is 8.87. The van der Waals surface area contributed by atoms with E-state index < -0.39 is 5.60 Å². The second kappa shape index (κ2) is 5.21. The number of hydrogen-bond donors (Lipinski definition) is 2. The van der Waals surface area contributed by atoms with Crippen LogP contribution in [-0.4, -0.2) is 46.4 Å². The third-order valence-corrected chi connectivity index (χ3v) is 2.94. The SMILES string of the molecule is Cc1cc(C2CNCCN2C(=O)OC(C)(C)C)n[nH]1. The maximum Gasteiger partial charge on any atom is 0.410 e. The van der Waals surface area contributed by atoms with E-state index in [0.29, 0.717) is 13.1 Å². The van der Waals surface area contributed by atoms with E-state index in [0.717, 1.165) is 17.9 Å². The minimum Gasteiger partial charge on any atom is -0.444 e. The third kappa shape index (κ3) is 3.47. The Balaban J connectivity index is 2.14. The van der Waals surface area contributed by atoms with Crippen LogP contribution < -0.4 is 5.32 Å². The fourth-order valence-corrected chi connectivity index (χ4v) is 2.12. The number of aromatic amines is 1. The second-order valence-corrected chi connectivity index (χ2v) is 5.87. The number of nitrogens with zero attached hydrogens (tertiary/aromatic N) is 2. The lowest BCUT2D eigenvalue weighted by molar-refractivity contribution is 0.0113. The zero-order valence-electron chi connectivity index (χ0n) is 12.0. The summed E-state index contributed by atoms with van der Waals surface area (Å²) < 4.78 is 5.46. The number of ether oxygens (including phenoxy) is 1. The zero-order valence-corrected chi connectivity index (χ0v) is 12.0. The van der Waals surface area contributed by atoms with Gasteiger partial charge < -0.3 is 10.1 Å². The van der Waals surface area contributed by atoms with Crippen molar-refractivity contribution in [3.8, 4) is 0 Å². The summed E-state index contributed by atoms with van der Waals surface area (Å²) in [6.45, 7) is 9.68. The number of amides is 1. The van der Waals surface area contributed by atoms with E-state index in [1.54, 1.807) is 4.90 Å². The first-order valence-corrected chi connectivity index (χ1v) is 6.59. The van der Waals surface area contributed by atoms with Gasteiger partial charge in [0.1, 0.15) is 5.60 Å².